The second-order valence-corrected chi connectivity index (χ2v) is 3.14. The van der Waals surface area contributed by atoms with Gasteiger partial charge in [-0.15, -0.1) is 19.3 Å². The van der Waals surface area contributed by atoms with Crippen molar-refractivity contribution in [3.8, 4) is 37.0 Å². The van der Waals surface area contributed by atoms with Crippen molar-refractivity contribution in [2.24, 2.45) is 0 Å². The summed E-state index contributed by atoms with van der Waals surface area (Å²) in [5, 5.41) is 9.02. The van der Waals surface area contributed by atoms with Crippen LogP contribution in [0.3, 0.4) is 0 Å². The van der Waals surface area contributed by atoms with E-state index in [0.717, 1.165) is 0 Å². The van der Waals surface area contributed by atoms with Gasteiger partial charge in [-0.1, -0.05) is 17.8 Å². The van der Waals surface area contributed by atoms with E-state index in [-0.39, 0.29) is 46.3 Å². The molecule has 0 aliphatic rings. The molecule has 104 valence electrons. The van der Waals surface area contributed by atoms with Gasteiger partial charge in [0.05, 0.1) is 20.2 Å². The van der Waals surface area contributed by atoms with E-state index in [2.05, 4.69) is 33.7 Å². The molecular formula is C13H19N3O3. The van der Waals surface area contributed by atoms with Crippen LogP contribution in [0.25, 0.3) is 0 Å². The average molecular weight is 265 g/mol. The van der Waals surface area contributed by atoms with Gasteiger partial charge in [0.15, 0.2) is 0 Å². The van der Waals surface area contributed by atoms with Crippen LogP contribution in [0.2, 0.25) is 0 Å². The molecule has 0 aromatic rings. The third-order valence-electron chi connectivity index (χ3n) is 1.72. The quantitative estimate of drug-likeness (QED) is 0.236. The highest BCUT2D eigenvalue weighted by Crippen LogP contribution is 1.78. The van der Waals surface area contributed by atoms with Crippen LogP contribution in [0, 0.1) is 37.0 Å². The van der Waals surface area contributed by atoms with Gasteiger partial charge in [0.2, 0.25) is 0 Å². The van der Waals surface area contributed by atoms with Crippen molar-refractivity contribution in [1.82, 2.24) is 16.0 Å². The summed E-state index contributed by atoms with van der Waals surface area (Å²) in [7, 11) is 0. The summed E-state index contributed by atoms with van der Waals surface area (Å²) in [5.41, 5.74) is 0. The molecule has 0 aromatic heterocycles. The van der Waals surface area contributed by atoms with Gasteiger partial charge in [-0.2, -0.15) is 0 Å². The van der Waals surface area contributed by atoms with E-state index in [4.69, 9.17) is 33.5 Å². The molecule has 0 saturated carbocycles. The van der Waals surface area contributed by atoms with Crippen molar-refractivity contribution in [3.05, 3.63) is 0 Å². The Morgan fingerprint density at radius 3 is 1.26 bits per heavy atom. The normalized spacial score (nSPS) is 9.79. The number of nitrogens with one attached hydrogen (secondary N) is 3. The van der Waals surface area contributed by atoms with Gasteiger partial charge >= 0.3 is 0 Å². The van der Waals surface area contributed by atoms with E-state index in [1.54, 1.807) is 0 Å². The maximum Gasteiger partial charge on any atom is 0.117 e. The second kappa shape index (κ2) is 14.5. The molecule has 0 unspecified atom stereocenters. The van der Waals surface area contributed by atoms with Crippen molar-refractivity contribution in [2.45, 2.75) is 6.29 Å². The zero-order valence-corrected chi connectivity index (χ0v) is 10.8. The first-order chi connectivity index (χ1) is 9.35. The molecule has 0 aliphatic heterocycles. The van der Waals surface area contributed by atoms with Crippen molar-refractivity contribution >= 4 is 0 Å². The Hall–Kier alpha value is -1.56. The fraction of sp³-hybridized carbons (Fsp3) is 0.538. The Balaban J connectivity index is 3.77. The summed E-state index contributed by atoms with van der Waals surface area (Å²) in [6.07, 6.45) is 14.9. The van der Waals surface area contributed by atoms with Gasteiger partial charge in [0, 0.05) is 0 Å². The van der Waals surface area contributed by atoms with Crippen LogP contribution in [0.1, 0.15) is 0 Å². The minimum atomic E-state index is -0.284. The number of hydrogen-bond acceptors (Lipinski definition) is 6. The Kier molecular flexibility index (Phi) is 13.3. The van der Waals surface area contributed by atoms with Gasteiger partial charge in [-0.3, -0.25) is 16.0 Å². The molecule has 19 heavy (non-hydrogen) atoms. The lowest BCUT2D eigenvalue weighted by atomic mass is 10.7. The molecule has 0 fully saturated rings. The molecule has 6 nitrogen and oxygen atoms in total. The molecule has 0 rings (SSSR count). The fourth-order valence-electron chi connectivity index (χ4n) is 0.973. The SMILES string of the molecule is C#CCOCNC(NCOCC#C)NCOCC#C. The predicted molar refractivity (Wildman–Crippen MR) is 72.2 cm³/mol. The minimum absolute atomic E-state index is 0.237. The fourth-order valence-corrected chi connectivity index (χ4v) is 0.973. The minimum Gasteiger partial charge on any atom is -0.354 e. The number of rotatable bonds is 12. The highest BCUT2D eigenvalue weighted by Gasteiger charge is 2.05. The summed E-state index contributed by atoms with van der Waals surface area (Å²) in [4.78, 5) is 0. The molecule has 0 aliphatic carbocycles. The number of ether oxygens (including phenoxy) is 3. The van der Waals surface area contributed by atoms with Crippen LogP contribution < -0.4 is 16.0 Å². The van der Waals surface area contributed by atoms with Crippen LogP contribution in [0.15, 0.2) is 0 Å². The first-order valence-electron chi connectivity index (χ1n) is 5.59. The summed E-state index contributed by atoms with van der Waals surface area (Å²) < 4.78 is 15.3. The molecular weight excluding hydrogens is 246 g/mol. The highest BCUT2D eigenvalue weighted by molar-refractivity contribution is 4.83. The Bertz CT molecular complexity index is 275. The highest BCUT2D eigenvalue weighted by atomic mass is 16.5. The maximum atomic E-state index is 5.09. The van der Waals surface area contributed by atoms with Crippen LogP contribution in [-0.2, 0) is 14.2 Å². The summed E-state index contributed by atoms with van der Waals surface area (Å²) in [6.45, 7) is 1.54. The lowest BCUT2D eigenvalue weighted by molar-refractivity contribution is 0.0700. The van der Waals surface area contributed by atoms with E-state index in [1.165, 1.54) is 0 Å². The molecule has 0 spiro atoms. The molecule has 0 amide bonds. The van der Waals surface area contributed by atoms with Crippen LogP contribution in [-0.4, -0.2) is 46.3 Å². The summed E-state index contributed by atoms with van der Waals surface area (Å²) in [6, 6.07) is 0. The largest absolute Gasteiger partial charge is 0.354 e. The Morgan fingerprint density at radius 1 is 0.684 bits per heavy atom. The molecule has 0 saturated heterocycles. The molecule has 0 aromatic carbocycles. The third kappa shape index (κ3) is 12.7. The maximum absolute atomic E-state index is 5.09. The predicted octanol–water partition coefficient (Wildman–Crippen LogP) is -1.14. The van der Waals surface area contributed by atoms with E-state index < -0.39 is 0 Å². The van der Waals surface area contributed by atoms with Gasteiger partial charge in [0.1, 0.15) is 26.1 Å². The van der Waals surface area contributed by atoms with E-state index >= 15 is 0 Å². The zero-order chi connectivity index (χ0) is 14.2. The van der Waals surface area contributed by atoms with Crippen molar-refractivity contribution < 1.29 is 14.2 Å². The average Bonchev–Trinajstić information content (AvgIpc) is 2.43. The van der Waals surface area contributed by atoms with Crippen molar-refractivity contribution in [2.75, 3.05) is 40.0 Å². The van der Waals surface area contributed by atoms with Gasteiger partial charge in [-0.05, 0) is 0 Å². The van der Waals surface area contributed by atoms with Gasteiger partial charge in [0.25, 0.3) is 0 Å². The van der Waals surface area contributed by atoms with Gasteiger partial charge < -0.3 is 14.2 Å². The van der Waals surface area contributed by atoms with E-state index in [0.29, 0.717) is 0 Å². The number of hydrogen-bond donors (Lipinski definition) is 3. The van der Waals surface area contributed by atoms with Crippen LogP contribution >= 0.6 is 0 Å². The summed E-state index contributed by atoms with van der Waals surface area (Å²) in [5.74, 6) is 7.09. The Labute approximate surface area is 114 Å². The number of terminal acetylenes is 3. The smallest absolute Gasteiger partial charge is 0.117 e. The molecule has 0 heterocycles. The zero-order valence-electron chi connectivity index (χ0n) is 10.8. The van der Waals surface area contributed by atoms with E-state index in [9.17, 15) is 0 Å². The first-order valence-corrected chi connectivity index (χ1v) is 5.59. The molecule has 3 N–H and O–H groups in total. The van der Waals surface area contributed by atoms with E-state index in [1.807, 2.05) is 0 Å². The van der Waals surface area contributed by atoms with Crippen LogP contribution in [0.4, 0.5) is 0 Å². The lowest BCUT2D eigenvalue weighted by Gasteiger charge is -2.21. The second-order valence-electron chi connectivity index (χ2n) is 3.14. The monoisotopic (exact) mass is 265 g/mol. The Morgan fingerprint density at radius 2 is 1.00 bits per heavy atom. The molecule has 0 radical (unpaired) electrons. The third-order valence-corrected chi connectivity index (χ3v) is 1.72. The van der Waals surface area contributed by atoms with Crippen molar-refractivity contribution in [3.63, 3.8) is 0 Å². The topological polar surface area (TPSA) is 63.8 Å². The van der Waals surface area contributed by atoms with Crippen molar-refractivity contribution in [1.29, 1.82) is 0 Å². The standard InChI is InChI=1S/C13H19N3O3/c1-4-7-17-10-14-13(15-11-18-8-5-2)16-12-19-9-6-3/h1-3,13-16H,7-12H2. The molecule has 6 heteroatoms. The lowest BCUT2D eigenvalue weighted by Crippen LogP contribution is -2.54. The first kappa shape index (κ1) is 17.4. The van der Waals surface area contributed by atoms with Crippen LogP contribution in [0.5, 0.6) is 0 Å². The van der Waals surface area contributed by atoms with Gasteiger partial charge in [-0.25, -0.2) is 0 Å². The summed E-state index contributed by atoms with van der Waals surface area (Å²) >= 11 is 0. The molecule has 0 bridgehead atoms. The molecule has 0 atom stereocenters.